The first-order valence-electron chi connectivity index (χ1n) is 6.91. The lowest BCUT2D eigenvalue weighted by Gasteiger charge is -2.35. The van der Waals surface area contributed by atoms with Gasteiger partial charge in [-0.3, -0.25) is 9.59 Å². The number of piperazine rings is 1. The molecule has 0 bridgehead atoms. The lowest BCUT2D eigenvalue weighted by molar-refractivity contribution is -0.133. The number of pyridine rings is 1. The molecule has 1 aromatic rings. The van der Waals surface area contributed by atoms with Crippen molar-refractivity contribution in [3.63, 3.8) is 0 Å². The van der Waals surface area contributed by atoms with Gasteiger partial charge in [-0.15, -0.1) is 0 Å². The van der Waals surface area contributed by atoms with Crippen molar-refractivity contribution in [3.05, 3.63) is 24.4 Å². The molecule has 0 radical (unpaired) electrons. The van der Waals surface area contributed by atoms with Gasteiger partial charge >= 0.3 is 0 Å². The predicted octanol–water partition coefficient (Wildman–Crippen LogP) is 0.256. The number of hydrogen-bond acceptors (Lipinski definition) is 4. The molecular formula is C14H20N4O2. The molecule has 1 aromatic heterocycles. The molecule has 0 aromatic carbocycles. The van der Waals surface area contributed by atoms with Crippen LogP contribution in [0, 0.1) is 0 Å². The van der Waals surface area contributed by atoms with Gasteiger partial charge in [-0.1, -0.05) is 13.0 Å². The number of carbonyl (C=O) groups is 2. The van der Waals surface area contributed by atoms with E-state index in [1.54, 1.807) is 18.0 Å². The summed E-state index contributed by atoms with van der Waals surface area (Å²) >= 11 is 0. The lowest BCUT2D eigenvalue weighted by atomic mass is 10.3. The maximum atomic E-state index is 11.9. The SMILES string of the molecule is CCC(=O)NCC(=O)N1CCN(c2ccccn2)CC1. The highest BCUT2D eigenvalue weighted by Crippen LogP contribution is 2.12. The van der Waals surface area contributed by atoms with E-state index < -0.39 is 0 Å². The quantitative estimate of drug-likeness (QED) is 0.856. The second-order valence-electron chi connectivity index (χ2n) is 4.69. The van der Waals surface area contributed by atoms with Gasteiger partial charge in [-0.25, -0.2) is 4.98 Å². The third-order valence-electron chi connectivity index (χ3n) is 3.36. The molecule has 20 heavy (non-hydrogen) atoms. The Balaban J connectivity index is 1.79. The van der Waals surface area contributed by atoms with Gasteiger partial charge < -0.3 is 15.1 Å². The van der Waals surface area contributed by atoms with Gasteiger partial charge in [0.1, 0.15) is 5.82 Å². The number of nitrogens with zero attached hydrogens (tertiary/aromatic N) is 3. The topological polar surface area (TPSA) is 65.5 Å². The summed E-state index contributed by atoms with van der Waals surface area (Å²) in [5.41, 5.74) is 0. The maximum Gasteiger partial charge on any atom is 0.242 e. The highest BCUT2D eigenvalue weighted by molar-refractivity contribution is 5.84. The zero-order valence-electron chi connectivity index (χ0n) is 11.7. The molecule has 2 amide bonds. The minimum atomic E-state index is -0.0922. The Morgan fingerprint density at radius 1 is 1.25 bits per heavy atom. The van der Waals surface area contributed by atoms with Crippen LogP contribution in [0.3, 0.4) is 0 Å². The number of nitrogens with one attached hydrogen (secondary N) is 1. The second kappa shape index (κ2) is 6.88. The number of aromatic nitrogens is 1. The van der Waals surface area contributed by atoms with Crippen molar-refractivity contribution in [2.45, 2.75) is 13.3 Å². The van der Waals surface area contributed by atoms with Crippen LogP contribution in [-0.2, 0) is 9.59 Å². The molecule has 0 aliphatic carbocycles. The van der Waals surface area contributed by atoms with Crippen LogP contribution in [0.25, 0.3) is 0 Å². The predicted molar refractivity (Wildman–Crippen MR) is 76.3 cm³/mol. The van der Waals surface area contributed by atoms with E-state index in [0.29, 0.717) is 19.5 Å². The summed E-state index contributed by atoms with van der Waals surface area (Å²) in [7, 11) is 0. The average molecular weight is 276 g/mol. The molecular weight excluding hydrogens is 256 g/mol. The monoisotopic (exact) mass is 276 g/mol. The van der Waals surface area contributed by atoms with Crippen LogP contribution >= 0.6 is 0 Å². The number of rotatable bonds is 4. The number of amides is 2. The van der Waals surface area contributed by atoms with Gasteiger partial charge in [0.2, 0.25) is 11.8 Å². The summed E-state index contributed by atoms with van der Waals surface area (Å²) in [5.74, 6) is 0.830. The molecule has 1 fully saturated rings. The van der Waals surface area contributed by atoms with Crippen LogP contribution in [0.2, 0.25) is 0 Å². The Hall–Kier alpha value is -2.11. The summed E-state index contributed by atoms with van der Waals surface area (Å²) in [5, 5.41) is 2.62. The molecule has 6 heteroatoms. The average Bonchev–Trinajstić information content (AvgIpc) is 2.53. The van der Waals surface area contributed by atoms with Crippen molar-refractivity contribution in [2.24, 2.45) is 0 Å². The molecule has 2 heterocycles. The Morgan fingerprint density at radius 3 is 2.60 bits per heavy atom. The van der Waals surface area contributed by atoms with Crippen LogP contribution < -0.4 is 10.2 Å². The highest BCUT2D eigenvalue weighted by atomic mass is 16.2. The zero-order valence-corrected chi connectivity index (χ0v) is 11.7. The van der Waals surface area contributed by atoms with Gasteiger partial charge in [0.15, 0.2) is 0 Å². The first kappa shape index (κ1) is 14.3. The van der Waals surface area contributed by atoms with E-state index in [4.69, 9.17) is 0 Å². The van der Waals surface area contributed by atoms with Gasteiger partial charge in [0, 0.05) is 38.8 Å². The second-order valence-corrected chi connectivity index (χ2v) is 4.69. The van der Waals surface area contributed by atoms with Gasteiger partial charge in [-0.05, 0) is 12.1 Å². The molecule has 1 aliphatic heterocycles. The first-order valence-corrected chi connectivity index (χ1v) is 6.91. The molecule has 1 aliphatic rings. The van der Waals surface area contributed by atoms with E-state index in [0.717, 1.165) is 18.9 Å². The van der Waals surface area contributed by atoms with Crippen molar-refractivity contribution in [3.8, 4) is 0 Å². The smallest absolute Gasteiger partial charge is 0.242 e. The van der Waals surface area contributed by atoms with Gasteiger partial charge in [-0.2, -0.15) is 0 Å². The molecule has 0 atom stereocenters. The largest absolute Gasteiger partial charge is 0.353 e. The standard InChI is InChI=1S/C14H20N4O2/c1-2-13(19)16-11-14(20)18-9-7-17(8-10-18)12-5-3-4-6-15-12/h3-6H,2,7-11H2,1H3,(H,16,19). The number of hydrogen-bond donors (Lipinski definition) is 1. The third kappa shape index (κ3) is 3.69. The Labute approximate surface area is 118 Å². The van der Waals surface area contributed by atoms with Crippen LogP contribution in [-0.4, -0.2) is 54.4 Å². The Morgan fingerprint density at radius 2 is 2.00 bits per heavy atom. The van der Waals surface area contributed by atoms with Crippen LogP contribution in [0.5, 0.6) is 0 Å². The summed E-state index contributed by atoms with van der Waals surface area (Å²) in [6, 6.07) is 5.82. The summed E-state index contributed by atoms with van der Waals surface area (Å²) in [6.07, 6.45) is 2.17. The van der Waals surface area contributed by atoms with Crippen LogP contribution in [0.1, 0.15) is 13.3 Å². The van der Waals surface area contributed by atoms with Gasteiger partial charge in [0.25, 0.3) is 0 Å². The summed E-state index contributed by atoms with van der Waals surface area (Å²) < 4.78 is 0. The van der Waals surface area contributed by atoms with Crippen molar-refractivity contribution < 1.29 is 9.59 Å². The molecule has 0 unspecified atom stereocenters. The van der Waals surface area contributed by atoms with E-state index in [2.05, 4.69) is 15.2 Å². The fraction of sp³-hybridized carbons (Fsp3) is 0.500. The molecule has 0 saturated carbocycles. The van der Waals surface area contributed by atoms with Crippen molar-refractivity contribution in [2.75, 3.05) is 37.6 Å². The van der Waals surface area contributed by atoms with E-state index in [9.17, 15) is 9.59 Å². The minimum Gasteiger partial charge on any atom is -0.353 e. The Bertz CT molecular complexity index is 456. The van der Waals surface area contributed by atoms with E-state index in [1.807, 2.05) is 18.2 Å². The first-order chi connectivity index (χ1) is 9.70. The molecule has 6 nitrogen and oxygen atoms in total. The zero-order chi connectivity index (χ0) is 14.4. The molecule has 1 saturated heterocycles. The van der Waals surface area contributed by atoms with Crippen molar-refractivity contribution in [1.29, 1.82) is 0 Å². The highest BCUT2D eigenvalue weighted by Gasteiger charge is 2.21. The van der Waals surface area contributed by atoms with Crippen molar-refractivity contribution in [1.82, 2.24) is 15.2 Å². The maximum absolute atomic E-state index is 11.9. The number of carbonyl (C=O) groups excluding carboxylic acids is 2. The molecule has 0 spiro atoms. The van der Waals surface area contributed by atoms with Crippen LogP contribution in [0.4, 0.5) is 5.82 Å². The molecule has 108 valence electrons. The summed E-state index contributed by atoms with van der Waals surface area (Å²) in [6.45, 7) is 4.73. The fourth-order valence-electron chi connectivity index (χ4n) is 2.14. The van der Waals surface area contributed by atoms with E-state index >= 15 is 0 Å². The lowest BCUT2D eigenvalue weighted by Crippen LogP contribution is -2.51. The molecule has 1 N–H and O–H groups in total. The Kier molecular flexibility index (Phi) is 4.92. The number of anilines is 1. The third-order valence-corrected chi connectivity index (χ3v) is 3.36. The fourth-order valence-corrected chi connectivity index (χ4v) is 2.14. The molecule has 2 rings (SSSR count). The van der Waals surface area contributed by atoms with E-state index in [-0.39, 0.29) is 18.4 Å². The van der Waals surface area contributed by atoms with Crippen LogP contribution in [0.15, 0.2) is 24.4 Å². The van der Waals surface area contributed by atoms with Crippen molar-refractivity contribution >= 4 is 17.6 Å². The van der Waals surface area contributed by atoms with Gasteiger partial charge in [0.05, 0.1) is 6.54 Å². The summed E-state index contributed by atoms with van der Waals surface area (Å²) in [4.78, 5) is 31.3. The van der Waals surface area contributed by atoms with E-state index in [1.165, 1.54) is 0 Å². The minimum absolute atomic E-state index is 0.0209. The normalized spacial score (nSPS) is 15.1.